The minimum Gasteiger partial charge on any atom is -0.274 e. The van der Waals surface area contributed by atoms with Crippen molar-refractivity contribution in [3.05, 3.63) is 65.2 Å². The summed E-state index contributed by atoms with van der Waals surface area (Å²) in [5.74, 6) is -0.368. The van der Waals surface area contributed by atoms with Gasteiger partial charge in [-0.3, -0.25) is 9.10 Å². The second kappa shape index (κ2) is 7.27. The Labute approximate surface area is 141 Å². The zero-order valence-electron chi connectivity index (χ0n) is 13.7. The van der Waals surface area contributed by atoms with E-state index in [2.05, 4.69) is 10.5 Å². The highest BCUT2D eigenvalue weighted by molar-refractivity contribution is 7.92. The SMILES string of the molecule is Cc1cccc(/C=N\NC(=O)c2ccc(N(C)S(C)(=O)=O)cc2)c1. The molecule has 0 atom stereocenters. The molecule has 1 N–H and O–H groups in total. The van der Waals surface area contributed by atoms with Gasteiger partial charge in [0.15, 0.2) is 0 Å². The van der Waals surface area contributed by atoms with E-state index in [0.717, 1.165) is 21.7 Å². The summed E-state index contributed by atoms with van der Waals surface area (Å²) < 4.78 is 24.1. The Hall–Kier alpha value is -2.67. The lowest BCUT2D eigenvalue weighted by Crippen LogP contribution is -2.25. The molecule has 2 rings (SSSR count). The second-order valence-corrected chi connectivity index (χ2v) is 7.40. The lowest BCUT2D eigenvalue weighted by molar-refractivity contribution is 0.0955. The highest BCUT2D eigenvalue weighted by atomic mass is 32.2. The molecule has 0 aromatic heterocycles. The number of anilines is 1. The number of aryl methyl sites for hydroxylation is 1. The van der Waals surface area contributed by atoms with Crippen LogP contribution in [-0.2, 0) is 10.0 Å². The molecule has 0 heterocycles. The monoisotopic (exact) mass is 345 g/mol. The summed E-state index contributed by atoms with van der Waals surface area (Å²) in [6.07, 6.45) is 2.68. The molecule has 1 amide bonds. The van der Waals surface area contributed by atoms with Crippen LogP contribution < -0.4 is 9.73 Å². The van der Waals surface area contributed by atoms with Crippen LogP contribution in [0.1, 0.15) is 21.5 Å². The Morgan fingerprint density at radius 3 is 2.42 bits per heavy atom. The first-order valence-corrected chi connectivity index (χ1v) is 9.06. The Balaban J connectivity index is 2.03. The molecule has 0 unspecified atom stereocenters. The number of benzene rings is 2. The second-order valence-electron chi connectivity index (χ2n) is 5.39. The van der Waals surface area contributed by atoms with Crippen molar-refractivity contribution in [1.82, 2.24) is 5.43 Å². The van der Waals surface area contributed by atoms with E-state index in [1.807, 2.05) is 31.2 Å². The van der Waals surface area contributed by atoms with E-state index in [0.29, 0.717) is 11.3 Å². The molecule has 2 aromatic carbocycles. The first kappa shape index (κ1) is 17.7. The van der Waals surface area contributed by atoms with Crippen molar-refractivity contribution >= 4 is 27.8 Å². The van der Waals surface area contributed by atoms with Crippen molar-refractivity contribution < 1.29 is 13.2 Å². The van der Waals surface area contributed by atoms with Gasteiger partial charge in [0.1, 0.15) is 0 Å². The number of rotatable bonds is 5. The summed E-state index contributed by atoms with van der Waals surface area (Å²) in [5, 5.41) is 3.92. The third-order valence-electron chi connectivity index (χ3n) is 3.41. The van der Waals surface area contributed by atoms with E-state index >= 15 is 0 Å². The summed E-state index contributed by atoms with van der Waals surface area (Å²) in [4.78, 5) is 12.0. The maximum absolute atomic E-state index is 12.0. The molecule has 2 aromatic rings. The Bertz CT molecular complexity index is 859. The summed E-state index contributed by atoms with van der Waals surface area (Å²) >= 11 is 0. The Morgan fingerprint density at radius 1 is 1.17 bits per heavy atom. The van der Waals surface area contributed by atoms with Crippen molar-refractivity contribution in [1.29, 1.82) is 0 Å². The maximum atomic E-state index is 12.0. The third kappa shape index (κ3) is 4.66. The van der Waals surface area contributed by atoms with E-state index in [9.17, 15) is 13.2 Å². The summed E-state index contributed by atoms with van der Waals surface area (Å²) in [5.41, 5.74) is 5.32. The smallest absolute Gasteiger partial charge is 0.271 e. The molecule has 24 heavy (non-hydrogen) atoms. The van der Waals surface area contributed by atoms with E-state index in [-0.39, 0.29) is 5.91 Å². The largest absolute Gasteiger partial charge is 0.274 e. The van der Waals surface area contributed by atoms with Crippen LogP contribution in [0.2, 0.25) is 0 Å². The molecule has 126 valence electrons. The topological polar surface area (TPSA) is 78.8 Å². The molecule has 6 nitrogen and oxygen atoms in total. The first-order chi connectivity index (χ1) is 11.3. The molecule has 0 saturated carbocycles. The first-order valence-electron chi connectivity index (χ1n) is 7.21. The van der Waals surface area contributed by atoms with Gasteiger partial charge in [-0.1, -0.05) is 29.8 Å². The van der Waals surface area contributed by atoms with Crippen LogP contribution in [0.4, 0.5) is 5.69 Å². The van der Waals surface area contributed by atoms with Crippen LogP contribution in [0.3, 0.4) is 0 Å². The molecule has 0 radical (unpaired) electrons. The number of carbonyl (C=O) groups is 1. The number of hydrazone groups is 1. The molecule has 0 saturated heterocycles. The highest BCUT2D eigenvalue weighted by Crippen LogP contribution is 2.16. The lowest BCUT2D eigenvalue weighted by atomic mass is 10.2. The number of nitrogens with one attached hydrogen (secondary N) is 1. The minimum absolute atomic E-state index is 0.368. The van der Waals surface area contributed by atoms with E-state index in [4.69, 9.17) is 0 Å². The zero-order valence-corrected chi connectivity index (χ0v) is 14.5. The van der Waals surface area contributed by atoms with Crippen LogP contribution in [0.15, 0.2) is 53.6 Å². The summed E-state index contributed by atoms with van der Waals surface area (Å²) in [7, 11) is -1.87. The molecular weight excluding hydrogens is 326 g/mol. The zero-order chi connectivity index (χ0) is 17.7. The molecular formula is C17H19N3O3S. The summed E-state index contributed by atoms with van der Waals surface area (Å²) in [6, 6.07) is 14.0. The van der Waals surface area contributed by atoms with Crippen LogP contribution in [0, 0.1) is 6.92 Å². The van der Waals surface area contributed by atoms with Gasteiger partial charge in [-0.05, 0) is 36.8 Å². The van der Waals surface area contributed by atoms with E-state index in [1.165, 1.54) is 7.05 Å². The molecule has 0 spiro atoms. The van der Waals surface area contributed by atoms with Gasteiger partial charge >= 0.3 is 0 Å². The number of carbonyl (C=O) groups excluding carboxylic acids is 1. The normalized spacial score (nSPS) is 11.5. The average Bonchev–Trinajstić information content (AvgIpc) is 2.53. The molecule has 0 aliphatic heterocycles. The number of sulfonamides is 1. The van der Waals surface area contributed by atoms with Crippen molar-refractivity contribution in [2.75, 3.05) is 17.6 Å². The van der Waals surface area contributed by atoms with Gasteiger partial charge in [-0.2, -0.15) is 5.10 Å². The third-order valence-corrected chi connectivity index (χ3v) is 4.62. The van der Waals surface area contributed by atoms with Crippen LogP contribution in [0.25, 0.3) is 0 Å². The van der Waals surface area contributed by atoms with Gasteiger partial charge in [0.25, 0.3) is 5.91 Å². The Morgan fingerprint density at radius 2 is 1.83 bits per heavy atom. The van der Waals surface area contributed by atoms with Crippen LogP contribution in [0.5, 0.6) is 0 Å². The van der Waals surface area contributed by atoms with Gasteiger partial charge in [-0.15, -0.1) is 0 Å². The van der Waals surface area contributed by atoms with Crippen molar-refractivity contribution in [3.63, 3.8) is 0 Å². The van der Waals surface area contributed by atoms with E-state index in [1.54, 1.807) is 30.5 Å². The number of hydrogen-bond donors (Lipinski definition) is 1. The molecule has 7 heteroatoms. The number of nitrogens with zero attached hydrogens (tertiary/aromatic N) is 2. The van der Waals surface area contributed by atoms with Crippen molar-refractivity contribution in [2.45, 2.75) is 6.92 Å². The predicted molar refractivity (Wildman–Crippen MR) is 95.9 cm³/mol. The maximum Gasteiger partial charge on any atom is 0.271 e. The minimum atomic E-state index is -3.33. The fourth-order valence-corrected chi connectivity index (χ4v) is 2.50. The van der Waals surface area contributed by atoms with Crippen LogP contribution in [-0.4, -0.2) is 33.8 Å². The lowest BCUT2D eigenvalue weighted by Gasteiger charge is -2.16. The molecule has 0 bridgehead atoms. The van der Waals surface area contributed by atoms with Gasteiger partial charge in [0, 0.05) is 12.6 Å². The van der Waals surface area contributed by atoms with Gasteiger partial charge in [0.05, 0.1) is 18.2 Å². The van der Waals surface area contributed by atoms with Crippen molar-refractivity contribution in [3.8, 4) is 0 Å². The van der Waals surface area contributed by atoms with Gasteiger partial charge in [-0.25, -0.2) is 13.8 Å². The van der Waals surface area contributed by atoms with Crippen molar-refractivity contribution in [2.24, 2.45) is 5.10 Å². The molecule has 0 fully saturated rings. The van der Waals surface area contributed by atoms with Gasteiger partial charge in [0.2, 0.25) is 10.0 Å². The van der Waals surface area contributed by atoms with E-state index < -0.39 is 10.0 Å². The average molecular weight is 345 g/mol. The number of amides is 1. The predicted octanol–water partition coefficient (Wildman–Crippen LogP) is 2.15. The molecule has 0 aliphatic carbocycles. The van der Waals surface area contributed by atoms with Gasteiger partial charge < -0.3 is 0 Å². The number of hydrogen-bond acceptors (Lipinski definition) is 4. The summed E-state index contributed by atoms with van der Waals surface area (Å²) in [6.45, 7) is 1.98. The fraction of sp³-hybridized carbons (Fsp3) is 0.176. The standard InChI is InChI=1S/C17H19N3O3S/c1-13-5-4-6-14(11-13)12-18-19-17(21)15-7-9-16(10-8-15)20(2)24(3,22)23/h4-12H,1-3H3,(H,19,21)/b18-12-. The Kier molecular flexibility index (Phi) is 5.35. The fourth-order valence-electron chi connectivity index (χ4n) is 1.99. The van der Waals surface area contributed by atoms with Crippen LogP contribution >= 0.6 is 0 Å². The quantitative estimate of drug-likeness (QED) is 0.666. The molecule has 0 aliphatic rings. The highest BCUT2D eigenvalue weighted by Gasteiger charge is 2.12.